The molecule has 0 spiro atoms. The zero-order valence-corrected chi connectivity index (χ0v) is 12.7. The molecule has 0 aliphatic rings. The second-order valence-electron chi connectivity index (χ2n) is 4.83. The smallest absolute Gasteiger partial charge is 0.258 e. The highest BCUT2D eigenvalue weighted by Gasteiger charge is 2.10. The summed E-state index contributed by atoms with van der Waals surface area (Å²) in [5.41, 5.74) is 1.01. The van der Waals surface area contributed by atoms with E-state index in [1.807, 2.05) is 0 Å². The van der Waals surface area contributed by atoms with Gasteiger partial charge < -0.3 is 0 Å². The maximum atomic E-state index is 10.9. The third-order valence-corrected chi connectivity index (χ3v) is 3.07. The Hall–Kier alpha value is -4.04. The zero-order chi connectivity index (χ0) is 18.4. The molecule has 2 rings (SSSR count). The summed E-state index contributed by atoms with van der Waals surface area (Å²) in [4.78, 5) is 20.6. The second kappa shape index (κ2) is 7.49. The summed E-state index contributed by atoms with van der Waals surface area (Å²) in [7, 11) is 0. The lowest BCUT2D eigenvalue weighted by Gasteiger charge is -2.00. The minimum absolute atomic E-state index is 0.0183. The molecule has 0 heterocycles. The van der Waals surface area contributed by atoms with Crippen LogP contribution in [0, 0.1) is 44.9 Å². The molecule has 2 aromatic carbocycles. The molecule has 0 saturated carbocycles. The van der Waals surface area contributed by atoms with Crippen molar-refractivity contribution in [1.29, 1.82) is 0 Å². The van der Waals surface area contributed by atoms with Gasteiger partial charge in [0, 0.05) is 35.4 Å². The van der Waals surface area contributed by atoms with Gasteiger partial charge in [0.25, 0.3) is 11.4 Å². The Bertz CT molecular complexity index is 968. The highest BCUT2D eigenvalue weighted by molar-refractivity contribution is 5.54. The van der Waals surface area contributed by atoms with E-state index in [1.165, 1.54) is 30.3 Å². The van der Waals surface area contributed by atoms with Gasteiger partial charge in [-0.3, -0.25) is 20.2 Å². The summed E-state index contributed by atoms with van der Waals surface area (Å²) in [6.07, 6.45) is 10.5. The van der Waals surface area contributed by atoms with Crippen molar-refractivity contribution in [2.75, 3.05) is 0 Å². The number of rotatable bonds is 5. The summed E-state index contributed by atoms with van der Waals surface area (Å²) < 4.78 is 0. The monoisotopic (exact) mass is 334 g/mol. The maximum Gasteiger partial charge on any atom is 0.272 e. The van der Waals surface area contributed by atoms with Crippen molar-refractivity contribution < 1.29 is 9.85 Å². The van der Waals surface area contributed by atoms with Gasteiger partial charge in [-0.15, -0.1) is 12.8 Å². The molecule has 0 amide bonds. The average molecular weight is 334 g/mol. The quantitative estimate of drug-likeness (QED) is 0.359. The van der Waals surface area contributed by atoms with Crippen molar-refractivity contribution >= 4 is 17.1 Å². The van der Waals surface area contributed by atoms with Crippen molar-refractivity contribution in [3.8, 4) is 24.7 Å². The first kappa shape index (κ1) is 17.3. The van der Waals surface area contributed by atoms with Gasteiger partial charge in [0.05, 0.1) is 22.1 Å². The van der Waals surface area contributed by atoms with Crippen LogP contribution >= 0.6 is 0 Å². The van der Waals surface area contributed by atoms with Crippen LogP contribution in [0.4, 0.5) is 17.1 Å². The first-order valence-electron chi connectivity index (χ1n) is 6.81. The highest BCUT2D eigenvalue weighted by atomic mass is 16.6. The lowest BCUT2D eigenvalue weighted by molar-refractivity contribution is -0.385. The standard InChI is InChI=1S/C17H10N4O4/c1-3-12-5-14(9-16(7-12)20(22)23)11-18-19-15-6-13(4-2)8-17(10-15)21(24)25/h1-2,5-10H,11H2. The molecule has 0 bridgehead atoms. The van der Waals surface area contributed by atoms with Gasteiger partial charge in [0.2, 0.25) is 0 Å². The van der Waals surface area contributed by atoms with Crippen LogP contribution in [0.15, 0.2) is 46.6 Å². The van der Waals surface area contributed by atoms with Gasteiger partial charge in [-0.05, 0) is 17.7 Å². The Morgan fingerprint density at radius 2 is 1.44 bits per heavy atom. The molecule has 8 nitrogen and oxygen atoms in total. The van der Waals surface area contributed by atoms with Crippen LogP contribution in [0.3, 0.4) is 0 Å². The maximum absolute atomic E-state index is 10.9. The summed E-state index contributed by atoms with van der Waals surface area (Å²) >= 11 is 0. The fraction of sp³-hybridized carbons (Fsp3) is 0.0588. The molecule has 0 fully saturated rings. The van der Waals surface area contributed by atoms with E-state index < -0.39 is 9.85 Å². The molecule has 0 atom stereocenters. The van der Waals surface area contributed by atoms with Gasteiger partial charge in [0.1, 0.15) is 0 Å². The van der Waals surface area contributed by atoms with Gasteiger partial charge in [-0.2, -0.15) is 10.2 Å². The SMILES string of the molecule is C#Cc1cc(CN=Nc2cc(C#C)cc([N+](=O)[O-])c2)cc([N+](=O)[O-])c1. The number of benzene rings is 2. The number of terminal acetylenes is 2. The van der Waals surface area contributed by atoms with E-state index in [2.05, 4.69) is 22.1 Å². The largest absolute Gasteiger partial charge is 0.272 e. The summed E-state index contributed by atoms with van der Waals surface area (Å²) in [5.74, 6) is 4.63. The molecule has 0 aliphatic carbocycles. The molecular weight excluding hydrogens is 324 g/mol. The summed E-state index contributed by atoms with van der Waals surface area (Å²) in [6, 6.07) is 8.13. The second-order valence-corrected chi connectivity index (χ2v) is 4.83. The highest BCUT2D eigenvalue weighted by Crippen LogP contribution is 2.24. The van der Waals surface area contributed by atoms with Crippen LogP contribution < -0.4 is 0 Å². The molecule has 0 aliphatic heterocycles. The number of non-ortho nitro benzene ring substituents is 2. The molecule has 122 valence electrons. The van der Waals surface area contributed by atoms with Gasteiger partial charge in [-0.25, -0.2) is 0 Å². The lowest BCUT2D eigenvalue weighted by Crippen LogP contribution is -1.92. The van der Waals surface area contributed by atoms with Crippen molar-refractivity contribution in [3.05, 3.63) is 73.3 Å². The van der Waals surface area contributed by atoms with Crippen LogP contribution in [0.1, 0.15) is 16.7 Å². The first-order chi connectivity index (χ1) is 11.9. The number of nitrogens with zero attached hydrogens (tertiary/aromatic N) is 4. The van der Waals surface area contributed by atoms with E-state index in [9.17, 15) is 20.2 Å². The van der Waals surface area contributed by atoms with Crippen molar-refractivity contribution in [1.82, 2.24) is 0 Å². The molecule has 8 heteroatoms. The van der Waals surface area contributed by atoms with Gasteiger partial charge in [0.15, 0.2) is 0 Å². The van der Waals surface area contributed by atoms with Crippen LogP contribution in [0.2, 0.25) is 0 Å². The Morgan fingerprint density at radius 1 is 0.880 bits per heavy atom. The summed E-state index contributed by atoms with van der Waals surface area (Å²) in [5, 5.41) is 29.6. The Kier molecular flexibility index (Phi) is 5.18. The van der Waals surface area contributed by atoms with Crippen molar-refractivity contribution in [2.24, 2.45) is 10.2 Å². The fourth-order valence-electron chi connectivity index (χ4n) is 1.99. The van der Waals surface area contributed by atoms with Crippen LogP contribution in [0.5, 0.6) is 0 Å². The number of nitro benzene ring substituents is 2. The van der Waals surface area contributed by atoms with Crippen LogP contribution in [0.25, 0.3) is 0 Å². The first-order valence-corrected chi connectivity index (χ1v) is 6.81. The third kappa shape index (κ3) is 4.47. The predicted molar refractivity (Wildman–Crippen MR) is 90.3 cm³/mol. The normalized spacial score (nSPS) is 10.2. The predicted octanol–water partition coefficient (Wildman–Crippen LogP) is 3.75. The van der Waals surface area contributed by atoms with E-state index in [0.29, 0.717) is 16.7 Å². The average Bonchev–Trinajstić information content (AvgIpc) is 2.60. The van der Waals surface area contributed by atoms with E-state index >= 15 is 0 Å². The Labute approximate surface area is 142 Å². The van der Waals surface area contributed by atoms with E-state index in [0.717, 1.165) is 0 Å². The molecule has 0 unspecified atom stereocenters. The van der Waals surface area contributed by atoms with E-state index in [4.69, 9.17) is 12.8 Å². The number of hydrogen-bond acceptors (Lipinski definition) is 6. The third-order valence-electron chi connectivity index (χ3n) is 3.07. The molecule has 0 N–H and O–H groups in total. The molecule has 25 heavy (non-hydrogen) atoms. The molecule has 2 aromatic rings. The van der Waals surface area contributed by atoms with Crippen LogP contribution in [-0.4, -0.2) is 9.85 Å². The van der Waals surface area contributed by atoms with Crippen molar-refractivity contribution in [2.45, 2.75) is 6.54 Å². The number of hydrogen-bond donors (Lipinski definition) is 0. The Morgan fingerprint density at radius 3 is 2.00 bits per heavy atom. The lowest BCUT2D eigenvalue weighted by atomic mass is 10.1. The van der Waals surface area contributed by atoms with Gasteiger partial charge >= 0.3 is 0 Å². The summed E-state index contributed by atoms with van der Waals surface area (Å²) in [6.45, 7) is 0.0183. The molecule has 0 aromatic heterocycles. The van der Waals surface area contributed by atoms with E-state index in [1.54, 1.807) is 6.07 Å². The van der Waals surface area contributed by atoms with Crippen molar-refractivity contribution in [3.63, 3.8) is 0 Å². The molecule has 0 radical (unpaired) electrons. The molecule has 0 saturated heterocycles. The zero-order valence-electron chi connectivity index (χ0n) is 12.7. The fourth-order valence-corrected chi connectivity index (χ4v) is 1.99. The number of azo groups is 1. The minimum atomic E-state index is -0.584. The minimum Gasteiger partial charge on any atom is -0.258 e. The number of nitro groups is 2. The van der Waals surface area contributed by atoms with Gasteiger partial charge in [-0.1, -0.05) is 11.8 Å². The molecular formula is C17H10N4O4. The topological polar surface area (TPSA) is 111 Å². The Balaban J connectivity index is 2.27. The van der Waals surface area contributed by atoms with E-state index in [-0.39, 0.29) is 23.6 Å². The van der Waals surface area contributed by atoms with Crippen LogP contribution in [-0.2, 0) is 6.54 Å².